The highest BCUT2D eigenvalue weighted by Crippen LogP contribution is 2.39. The number of hydroxylamine groups is 2. The van der Waals surface area contributed by atoms with E-state index in [2.05, 4.69) is 23.7 Å². The highest BCUT2D eigenvalue weighted by atomic mass is 16.5. The van der Waals surface area contributed by atoms with Crippen molar-refractivity contribution in [3.8, 4) is 23.7 Å². The number of rotatable bonds is 0. The molecule has 0 N–H and O–H groups in total. The summed E-state index contributed by atoms with van der Waals surface area (Å²) in [6.45, 7) is 3.82. The quantitative estimate of drug-likeness (QED) is 0.673. The first-order valence-electron chi connectivity index (χ1n) is 8.16. The molecule has 2 aromatic rings. The van der Waals surface area contributed by atoms with E-state index in [1.807, 2.05) is 74.5 Å². The van der Waals surface area contributed by atoms with E-state index in [9.17, 15) is 5.21 Å². The van der Waals surface area contributed by atoms with Gasteiger partial charge in [0.05, 0.1) is 0 Å². The topological polar surface area (TPSA) is 23.1 Å². The summed E-state index contributed by atoms with van der Waals surface area (Å²) < 4.78 is 0. The van der Waals surface area contributed by atoms with Gasteiger partial charge in [0.1, 0.15) is 11.1 Å². The minimum Gasteiger partial charge on any atom is -0.119 e. The Labute approximate surface area is 144 Å². The average molecular weight is 314 g/mol. The molecular weight excluding hydrogens is 294 g/mol. The second-order valence-electron chi connectivity index (χ2n) is 6.57. The maximum Gasteiger partial charge on any atom is 0.109 e. The van der Waals surface area contributed by atoms with Crippen LogP contribution in [0.5, 0.6) is 0 Å². The fourth-order valence-corrected chi connectivity index (χ4v) is 2.92. The lowest BCUT2D eigenvalue weighted by Crippen LogP contribution is -2.46. The molecule has 0 amide bonds. The summed E-state index contributed by atoms with van der Waals surface area (Å²) in [6, 6.07) is 19.5. The number of hydrogen-bond donors (Lipinski definition) is 0. The molecule has 2 heteroatoms. The molecular formula is C22H20NO. The van der Waals surface area contributed by atoms with E-state index in [4.69, 9.17) is 0 Å². The van der Waals surface area contributed by atoms with Gasteiger partial charge in [-0.1, -0.05) is 60.1 Å². The summed E-state index contributed by atoms with van der Waals surface area (Å²) in [5, 5.41) is 14.0. The van der Waals surface area contributed by atoms with E-state index >= 15 is 0 Å². The molecule has 0 saturated carbocycles. The van der Waals surface area contributed by atoms with E-state index in [1.165, 1.54) is 0 Å². The third-order valence-corrected chi connectivity index (χ3v) is 4.49. The molecule has 2 atom stereocenters. The van der Waals surface area contributed by atoms with E-state index in [1.54, 1.807) is 0 Å². The van der Waals surface area contributed by atoms with Gasteiger partial charge in [-0.25, -0.2) is 0 Å². The first-order chi connectivity index (χ1) is 11.5. The Morgan fingerprint density at radius 3 is 1.50 bits per heavy atom. The molecule has 119 valence electrons. The predicted molar refractivity (Wildman–Crippen MR) is 95.2 cm³/mol. The van der Waals surface area contributed by atoms with Crippen LogP contribution in [0.25, 0.3) is 0 Å². The van der Waals surface area contributed by atoms with E-state index in [0.29, 0.717) is 0 Å². The Kier molecular flexibility index (Phi) is 4.45. The van der Waals surface area contributed by atoms with Gasteiger partial charge in [-0.05, 0) is 51.0 Å². The van der Waals surface area contributed by atoms with Gasteiger partial charge in [-0.3, -0.25) is 0 Å². The van der Waals surface area contributed by atoms with Crippen molar-refractivity contribution >= 4 is 0 Å². The van der Waals surface area contributed by atoms with Gasteiger partial charge in [0.25, 0.3) is 0 Å². The first kappa shape index (κ1) is 16.3. The van der Waals surface area contributed by atoms with Gasteiger partial charge >= 0.3 is 0 Å². The van der Waals surface area contributed by atoms with Gasteiger partial charge in [-0.2, -0.15) is 0 Å². The van der Waals surface area contributed by atoms with Crippen LogP contribution in [0.15, 0.2) is 60.7 Å². The molecule has 1 heterocycles. The monoisotopic (exact) mass is 314 g/mol. The first-order valence-corrected chi connectivity index (χ1v) is 8.16. The lowest BCUT2D eigenvalue weighted by Gasteiger charge is -2.30. The molecule has 1 saturated heterocycles. The largest absolute Gasteiger partial charge is 0.119 e. The van der Waals surface area contributed by atoms with Crippen LogP contribution in [0.2, 0.25) is 0 Å². The van der Waals surface area contributed by atoms with Crippen LogP contribution in [-0.2, 0) is 5.21 Å². The third kappa shape index (κ3) is 3.36. The molecule has 3 rings (SSSR count). The predicted octanol–water partition coefficient (Wildman–Crippen LogP) is 4.05. The molecule has 0 aromatic heterocycles. The Morgan fingerprint density at radius 1 is 0.750 bits per heavy atom. The van der Waals surface area contributed by atoms with Gasteiger partial charge in [0.2, 0.25) is 0 Å². The lowest BCUT2D eigenvalue weighted by atomic mass is 9.98. The molecule has 0 unspecified atom stereocenters. The van der Waals surface area contributed by atoms with Crippen molar-refractivity contribution < 1.29 is 5.21 Å². The fourth-order valence-electron chi connectivity index (χ4n) is 2.92. The van der Waals surface area contributed by atoms with Gasteiger partial charge in [0.15, 0.2) is 0 Å². The Bertz CT molecular complexity index is 751. The van der Waals surface area contributed by atoms with Crippen molar-refractivity contribution in [1.82, 2.24) is 5.06 Å². The second kappa shape index (κ2) is 6.54. The average Bonchev–Trinajstić information content (AvgIpc) is 2.86. The number of nitrogens with zero attached hydrogens (tertiary/aromatic N) is 1. The standard InChI is InChI=1S/C22H20NO/c1-21(15-13-19-9-5-3-6-10-19)17-18-22(2,23(21)24)16-14-20-11-7-4-8-12-20/h3-12H,17-18H2,1-2H3/t21-,22-/m1/s1. The second-order valence-corrected chi connectivity index (χ2v) is 6.57. The Balaban J connectivity index is 1.83. The van der Waals surface area contributed by atoms with Crippen LogP contribution >= 0.6 is 0 Å². The molecule has 2 nitrogen and oxygen atoms in total. The van der Waals surface area contributed by atoms with Gasteiger partial charge < -0.3 is 0 Å². The maximum atomic E-state index is 12.9. The van der Waals surface area contributed by atoms with Crippen molar-refractivity contribution in [3.63, 3.8) is 0 Å². The summed E-state index contributed by atoms with van der Waals surface area (Å²) in [5.41, 5.74) is 0.457. The summed E-state index contributed by atoms with van der Waals surface area (Å²) in [4.78, 5) is 0. The van der Waals surface area contributed by atoms with Crippen molar-refractivity contribution in [2.24, 2.45) is 0 Å². The van der Waals surface area contributed by atoms with Gasteiger partial charge in [0, 0.05) is 11.1 Å². The zero-order valence-corrected chi connectivity index (χ0v) is 14.0. The molecule has 1 aliphatic rings. The zero-order chi connectivity index (χ0) is 17.0. The van der Waals surface area contributed by atoms with Crippen molar-refractivity contribution in [2.75, 3.05) is 0 Å². The fraction of sp³-hybridized carbons (Fsp3) is 0.273. The van der Waals surface area contributed by atoms with E-state index < -0.39 is 11.1 Å². The van der Waals surface area contributed by atoms with Gasteiger partial charge in [-0.15, -0.1) is 10.3 Å². The lowest BCUT2D eigenvalue weighted by molar-refractivity contribution is -0.223. The molecule has 0 aliphatic carbocycles. The van der Waals surface area contributed by atoms with Crippen LogP contribution in [-0.4, -0.2) is 16.1 Å². The van der Waals surface area contributed by atoms with Crippen LogP contribution in [0, 0.1) is 23.7 Å². The van der Waals surface area contributed by atoms with Crippen molar-refractivity contribution in [2.45, 2.75) is 37.8 Å². The minimum atomic E-state index is -0.698. The van der Waals surface area contributed by atoms with E-state index in [0.717, 1.165) is 29.0 Å². The smallest absolute Gasteiger partial charge is 0.109 e. The summed E-state index contributed by atoms with van der Waals surface area (Å²) in [6.07, 6.45) is 1.44. The van der Waals surface area contributed by atoms with Crippen LogP contribution < -0.4 is 0 Å². The van der Waals surface area contributed by atoms with E-state index in [-0.39, 0.29) is 0 Å². The number of benzene rings is 2. The summed E-state index contributed by atoms with van der Waals surface area (Å²) >= 11 is 0. The molecule has 0 spiro atoms. The molecule has 1 fully saturated rings. The van der Waals surface area contributed by atoms with Crippen molar-refractivity contribution in [1.29, 1.82) is 0 Å². The van der Waals surface area contributed by atoms with Crippen LogP contribution in [0.4, 0.5) is 0 Å². The van der Waals surface area contributed by atoms with Crippen LogP contribution in [0.1, 0.15) is 37.8 Å². The van der Waals surface area contributed by atoms with Crippen molar-refractivity contribution in [3.05, 3.63) is 71.8 Å². The zero-order valence-electron chi connectivity index (χ0n) is 14.0. The van der Waals surface area contributed by atoms with Crippen LogP contribution in [0.3, 0.4) is 0 Å². The normalized spacial score (nSPS) is 26.1. The maximum absolute atomic E-state index is 12.9. The Morgan fingerprint density at radius 2 is 1.12 bits per heavy atom. The highest BCUT2D eigenvalue weighted by molar-refractivity contribution is 5.40. The third-order valence-electron chi connectivity index (χ3n) is 4.49. The molecule has 0 bridgehead atoms. The summed E-state index contributed by atoms with van der Waals surface area (Å²) in [5.74, 6) is 12.6. The molecule has 2 aromatic carbocycles. The molecule has 1 aliphatic heterocycles. The summed E-state index contributed by atoms with van der Waals surface area (Å²) in [7, 11) is 0. The SMILES string of the molecule is C[C@@]1(C#Cc2ccccc2)CC[C@@](C)(C#Cc2ccccc2)N1[O]. The Hall–Kier alpha value is -2.52. The molecule has 24 heavy (non-hydrogen) atoms. The minimum absolute atomic E-state index is 0.698. The molecule has 1 radical (unpaired) electrons. The highest BCUT2D eigenvalue weighted by Gasteiger charge is 2.49. The number of hydrogen-bond acceptors (Lipinski definition) is 1.